The average Bonchev–Trinajstić information content (AvgIpc) is 3.32. The van der Waals surface area contributed by atoms with Crippen LogP contribution in [-0.4, -0.2) is 19.4 Å². The lowest BCUT2D eigenvalue weighted by molar-refractivity contribution is 1.26. The second-order valence-electron chi connectivity index (χ2n) is 7.34. The van der Waals surface area contributed by atoms with Crippen molar-refractivity contribution < 1.29 is 0 Å². The number of nitrogens with zero attached hydrogens (tertiary/aromatic N) is 4. The molecule has 0 radical (unpaired) electrons. The lowest BCUT2D eigenvalue weighted by Gasteiger charge is -2.11. The molecule has 4 aromatic heterocycles. The highest BCUT2D eigenvalue weighted by molar-refractivity contribution is 6.15. The zero-order chi connectivity index (χ0) is 18.2. The molecule has 4 heterocycles. The second kappa shape index (κ2) is 4.93. The van der Waals surface area contributed by atoms with Gasteiger partial charge in [-0.3, -0.25) is 9.38 Å². The van der Waals surface area contributed by atoms with Gasteiger partial charge in [0.1, 0.15) is 5.65 Å². The van der Waals surface area contributed by atoms with E-state index in [4.69, 9.17) is 9.97 Å². The number of imidazole rings is 1. The molecule has 0 spiro atoms. The van der Waals surface area contributed by atoms with Gasteiger partial charge in [0.05, 0.1) is 16.6 Å². The van der Waals surface area contributed by atoms with Crippen LogP contribution in [0.5, 0.6) is 0 Å². The molecule has 4 nitrogen and oxygen atoms in total. The Labute approximate surface area is 160 Å². The number of hydrogen-bond donors (Lipinski definition) is 0. The molecule has 0 N–H and O–H groups in total. The highest BCUT2D eigenvalue weighted by atomic mass is 15.1. The van der Waals surface area contributed by atoms with Crippen molar-refractivity contribution in [3.63, 3.8) is 0 Å². The fourth-order valence-electron chi connectivity index (χ4n) is 4.78. The molecule has 0 unspecified atom stereocenters. The van der Waals surface area contributed by atoms with Crippen LogP contribution in [-0.2, 0) is 6.42 Å². The summed E-state index contributed by atoms with van der Waals surface area (Å²) < 4.78 is 2.20. The molecule has 7 rings (SSSR count). The fourth-order valence-corrected chi connectivity index (χ4v) is 4.78. The minimum Gasteiger partial charge on any atom is -0.288 e. The maximum absolute atomic E-state index is 4.89. The van der Waals surface area contributed by atoms with Crippen LogP contribution in [0, 0.1) is 0 Å². The van der Waals surface area contributed by atoms with E-state index in [1.54, 1.807) is 6.20 Å². The van der Waals surface area contributed by atoms with Crippen molar-refractivity contribution in [2.75, 3.05) is 0 Å². The minimum atomic E-state index is 0.768. The molecular weight excluding hydrogens is 344 g/mol. The summed E-state index contributed by atoms with van der Waals surface area (Å²) in [6.07, 6.45) is 4.61. The van der Waals surface area contributed by atoms with Gasteiger partial charge in [-0.25, -0.2) is 9.97 Å². The molecule has 1 aliphatic carbocycles. The number of aromatic nitrogens is 4. The van der Waals surface area contributed by atoms with Gasteiger partial charge in [0.2, 0.25) is 0 Å². The molecule has 130 valence electrons. The first kappa shape index (κ1) is 14.3. The molecule has 1 aliphatic rings. The zero-order valence-corrected chi connectivity index (χ0v) is 14.9. The number of pyridine rings is 3. The Kier molecular flexibility index (Phi) is 2.51. The highest BCUT2D eigenvalue weighted by Crippen LogP contribution is 2.43. The van der Waals surface area contributed by atoms with Crippen LogP contribution >= 0.6 is 0 Å². The third-order valence-electron chi connectivity index (χ3n) is 5.92. The summed E-state index contributed by atoms with van der Waals surface area (Å²) in [5, 5.41) is 2.35. The fraction of sp³-hybridized carbons (Fsp3) is 0.0417. The van der Waals surface area contributed by atoms with E-state index < -0.39 is 0 Å². The molecule has 0 aliphatic heterocycles. The summed E-state index contributed by atoms with van der Waals surface area (Å²) in [4.78, 5) is 14.2. The monoisotopic (exact) mass is 358 g/mol. The Morgan fingerprint density at radius 1 is 0.750 bits per heavy atom. The van der Waals surface area contributed by atoms with Crippen molar-refractivity contribution >= 4 is 38.6 Å². The van der Waals surface area contributed by atoms with Crippen molar-refractivity contribution in [2.45, 2.75) is 6.42 Å². The molecular formula is C24H14N4. The third-order valence-corrected chi connectivity index (χ3v) is 5.92. The van der Waals surface area contributed by atoms with Crippen LogP contribution in [0.3, 0.4) is 0 Å². The van der Waals surface area contributed by atoms with Crippen molar-refractivity contribution in [1.29, 1.82) is 0 Å². The van der Waals surface area contributed by atoms with E-state index in [-0.39, 0.29) is 0 Å². The molecule has 0 fully saturated rings. The van der Waals surface area contributed by atoms with E-state index in [1.807, 2.05) is 18.3 Å². The largest absolute Gasteiger partial charge is 0.288 e. The van der Waals surface area contributed by atoms with Gasteiger partial charge >= 0.3 is 0 Å². The first-order chi connectivity index (χ1) is 13.9. The van der Waals surface area contributed by atoms with Gasteiger partial charge in [-0.05, 0) is 59.0 Å². The Morgan fingerprint density at radius 3 is 2.57 bits per heavy atom. The Morgan fingerprint density at radius 2 is 1.61 bits per heavy atom. The summed E-state index contributed by atoms with van der Waals surface area (Å²) in [5.41, 5.74) is 10.2. The molecule has 4 heteroatoms. The summed E-state index contributed by atoms with van der Waals surface area (Å²) in [7, 11) is 0. The van der Waals surface area contributed by atoms with Crippen LogP contribution in [0.1, 0.15) is 11.1 Å². The third kappa shape index (κ3) is 1.63. The Balaban J connectivity index is 1.77. The van der Waals surface area contributed by atoms with Gasteiger partial charge in [0, 0.05) is 23.2 Å². The maximum atomic E-state index is 4.89. The first-order valence-corrected chi connectivity index (χ1v) is 9.44. The van der Waals surface area contributed by atoms with Crippen LogP contribution in [0.15, 0.2) is 73.1 Å². The molecule has 0 saturated carbocycles. The van der Waals surface area contributed by atoms with Crippen molar-refractivity contribution in [3.05, 3.63) is 84.2 Å². The number of benzene rings is 2. The SMILES string of the molecule is c1ccc2c(c1)Cc1c-2ccc2c1c1ncccc1n1c3cccnc3nc21. The molecule has 28 heavy (non-hydrogen) atoms. The summed E-state index contributed by atoms with van der Waals surface area (Å²) in [6.45, 7) is 0. The van der Waals surface area contributed by atoms with Gasteiger partial charge in [-0.1, -0.05) is 30.3 Å². The summed E-state index contributed by atoms with van der Waals surface area (Å²) in [6, 6.07) is 21.3. The number of hydrogen-bond acceptors (Lipinski definition) is 3. The van der Waals surface area contributed by atoms with E-state index in [2.05, 4.69) is 57.9 Å². The Hall–Kier alpha value is -3.79. The van der Waals surface area contributed by atoms with Gasteiger partial charge < -0.3 is 0 Å². The van der Waals surface area contributed by atoms with Crippen LogP contribution in [0.2, 0.25) is 0 Å². The van der Waals surface area contributed by atoms with E-state index in [0.29, 0.717) is 0 Å². The topological polar surface area (TPSA) is 43.1 Å². The summed E-state index contributed by atoms with van der Waals surface area (Å²) >= 11 is 0. The van der Waals surface area contributed by atoms with Crippen molar-refractivity contribution in [2.24, 2.45) is 0 Å². The van der Waals surface area contributed by atoms with Crippen LogP contribution in [0.25, 0.3) is 49.7 Å². The zero-order valence-electron chi connectivity index (χ0n) is 14.9. The van der Waals surface area contributed by atoms with E-state index in [0.717, 1.165) is 39.7 Å². The van der Waals surface area contributed by atoms with Crippen LogP contribution < -0.4 is 0 Å². The lowest BCUT2D eigenvalue weighted by atomic mass is 9.98. The normalized spacial score (nSPS) is 12.9. The molecule has 6 aromatic rings. The highest BCUT2D eigenvalue weighted by Gasteiger charge is 2.24. The number of fused-ring (bicyclic) bond motifs is 12. The van der Waals surface area contributed by atoms with Crippen molar-refractivity contribution in [3.8, 4) is 11.1 Å². The first-order valence-electron chi connectivity index (χ1n) is 9.44. The average molecular weight is 358 g/mol. The predicted octanol–water partition coefficient (Wildman–Crippen LogP) is 5.16. The standard InChI is InChI=1S/C24H14N4/c1-2-6-15-14(5-1)13-18-16(15)9-10-17-21(18)22-19(7-3-11-25-22)28-20-8-4-12-26-23(20)27-24(17)28/h1-12H,13H2. The van der Waals surface area contributed by atoms with Gasteiger partial charge in [0.15, 0.2) is 5.65 Å². The molecule has 2 aromatic carbocycles. The predicted molar refractivity (Wildman–Crippen MR) is 112 cm³/mol. The van der Waals surface area contributed by atoms with Crippen molar-refractivity contribution in [1.82, 2.24) is 19.4 Å². The lowest BCUT2D eigenvalue weighted by Crippen LogP contribution is -1.96. The minimum absolute atomic E-state index is 0.768. The van der Waals surface area contributed by atoms with E-state index in [9.17, 15) is 0 Å². The maximum Gasteiger partial charge on any atom is 0.178 e. The molecule has 0 saturated heterocycles. The Bertz CT molecular complexity index is 1590. The van der Waals surface area contributed by atoms with E-state index in [1.165, 1.54) is 27.6 Å². The van der Waals surface area contributed by atoms with Crippen LogP contribution in [0.4, 0.5) is 0 Å². The van der Waals surface area contributed by atoms with Gasteiger partial charge in [0.25, 0.3) is 0 Å². The summed E-state index contributed by atoms with van der Waals surface area (Å²) in [5.74, 6) is 0. The number of rotatable bonds is 0. The quantitative estimate of drug-likeness (QED) is 0.352. The van der Waals surface area contributed by atoms with Gasteiger partial charge in [-0.2, -0.15) is 0 Å². The molecule has 0 bridgehead atoms. The van der Waals surface area contributed by atoms with E-state index >= 15 is 0 Å². The van der Waals surface area contributed by atoms with Gasteiger partial charge in [-0.15, -0.1) is 0 Å². The molecule has 0 amide bonds. The smallest absolute Gasteiger partial charge is 0.178 e. The molecule has 0 atom stereocenters. The second-order valence-corrected chi connectivity index (χ2v) is 7.34.